The minimum absolute atomic E-state index is 0.0207. The Morgan fingerprint density at radius 3 is 2.54 bits per heavy atom. The van der Waals surface area contributed by atoms with Gasteiger partial charge in [0.2, 0.25) is 0 Å². The molecule has 0 radical (unpaired) electrons. The number of aliphatic hydroxyl groups is 1. The van der Waals surface area contributed by atoms with Gasteiger partial charge in [0.1, 0.15) is 35.3 Å². The molecule has 6 rings (SSSR count). The van der Waals surface area contributed by atoms with Crippen LogP contribution >= 0.6 is 0 Å². The summed E-state index contributed by atoms with van der Waals surface area (Å²) in [6.45, 7) is 4.44. The highest BCUT2D eigenvalue weighted by molar-refractivity contribution is 5.76. The molecule has 0 aromatic heterocycles. The molecular formula is C32H33FO6. The summed E-state index contributed by atoms with van der Waals surface area (Å²) in [5.74, 6) is 0.714. The molecule has 6 nitrogen and oxygen atoms in total. The van der Waals surface area contributed by atoms with E-state index in [1.807, 2.05) is 30.3 Å². The van der Waals surface area contributed by atoms with Crippen LogP contribution in [0, 0.1) is 19.7 Å². The van der Waals surface area contributed by atoms with Crippen molar-refractivity contribution >= 4 is 5.97 Å². The topological polar surface area (TPSA) is 85.2 Å². The Morgan fingerprint density at radius 2 is 1.82 bits per heavy atom. The minimum Gasteiger partial charge on any atom is -0.492 e. The Morgan fingerprint density at radius 1 is 1.03 bits per heavy atom. The molecule has 1 heterocycles. The Kier molecular flexibility index (Phi) is 6.71. The molecule has 1 fully saturated rings. The van der Waals surface area contributed by atoms with Crippen molar-refractivity contribution < 1.29 is 33.6 Å². The van der Waals surface area contributed by atoms with E-state index in [2.05, 4.69) is 13.8 Å². The third-order valence-corrected chi connectivity index (χ3v) is 8.28. The molecule has 3 aromatic rings. The van der Waals surface area contributed by atoms with Crippen molar-refractivity contribution in [3.05, 3.63) is 76.1 Å². The number of aliphatic hydroxyl groups excluding tert-OH is 1. The van der Waals surface area contributed by atoms with E-state index in [4.69, 9.17) is 19.3 Å². The van der Waals surface area contributed by atoms with E-state index >= 15 is 4.39 Å². The van der Waals surface area contributed by atoms with E-state index in [0.29, 0.717) is 42.9 Å². The summed E-state index contributed by atoms with van der Waals surface area (Å²) >= 11 is 0. The van der Waals surface area contributed by atoms with E-state index in [1.165, 1.54) is 6.07 Å². The molecule has 2 N–H and O–H groups in total. The van der Waals surface area contributed by atoms with Gasteiger partial charge in [-0.3, -0.25) is 4.79 Å². The number of rotatable bonds is 7. The highest BCUT2D eigenvalue weighted by atomic mass is 19.1. The number of fused-ring (bicyclic) bond motifs is 2. The predicted molar refractivity (Wildman–Crippen MR) is 144 cm³/mol. The van der Waals surface area contributed by atoms with Crippen molar-refractivity contribution in [2.24, 2.45) is 0 Å². The van der Waals surface area contributed by atoms with Gasteiger partial charge in [0.05, 0.1) is 19.1 Å². The first kappa shape index (κ1) is 25.7. The van der Waals surface area contributed by atoms with E-state index in [1.54, 1.807) is 6.07 Å². The second-order valence-corrected chi connectivity index (χ2v) is 11.1. The lowest BCUT2D eigenvalue weighted by Crippen LogP contribution is -2.13. The molecule has 1 saturated carbocycles. The number of benzene rings is 3. The minimum atomic E-state index is -0.855. The standard InChI is InChI=1S/C32H33FO6/c1-17-11-23(38-21-4-3-20(34)14-21)12-18(2)31(17)25-7-9-27(33)32-26(25)8-10-28(32)39-22-5-6-24-19(13-30(35)36)16-37-29(24)15-22/h5-7,9,11-12,15,19-21,28,34H,3-4,8,10,13-14,16H2,1-2H3,(H,35,36). The number of ether oxygens (including phenoxy) is 3. The molecule has 2 aliphatic carbocycles. The summed E-state index contributed by atoms with van der Waals surface area (Å²) in [7, 11) is 0. The Balaban J connectivity index is 1.26. The molecular weight excluding hydrogens is 499 g/mol. The van der Waals surface area contributed by atoms with E-state index in [0.717, 1.165) is 52.0 Å². The molecule has 0 spiro atoms. The summed E-state index contributed by atoms with van der Waals surface area (Å²) in [5, 5.41) is 19.0. The number of aryl methyl sites for hydroxylation is 2. The molecule has 1 aliphatic heterocycles. The summed E-state index contributed by atoms with van der Waals surface area (Å²) in [6, 6.07) is 12.9. The van der Waals surface area contributed by atoms with Crippen molar-refractivity contribution in [3.63, 3.8) is 0 Å². The molecule has 3 aliphatic rings. The van der Waals surface area contributed by atoms with Crippen molar-refractivity contribution in [2.45, 2.75) is 76.6 Å². The lowest BCUT2D eigenvalue weighted by Gasteiger charge is -2.20. The van der Waals surface area contributed by atoms with Gasteiger partial charge in [0, 0.05) is 29.5 Å². The van der Waals surface area contributed by atoms with Gasteiger partial charge in [-0.05, 0) is 91.6 Å². The monoisotopic (exact) mass is 532 g/mol. The van der Waals surface area contributed by atoms with Crippen molar-refractivity contribution in [2.75, 3.05) is 6.61 Å². The maximum atomic E-state index is 15.3. The van der Waals surface area contributed by atoms with Crippen LogP contribution < -0.4 is 14.2 Å². The first-order chi connectivity index (χ1) is 18.8. The quantitative estimate of drug-likeness (QED) is 0.365. The van der Waals surface area contributed by atoms with Gasteiger partial charge < -0.3 is 24.4 Å². The molecule has 4 unspecified atom stereocenters. The van der Waals surface area contributed by atoms with Crippen LogP contribution in [0.25, 0.3) is 11.1 Å². The van der Waals surface area contributed by atoms with E-state index < -0.39 is 12.1 Å². The summed E-state index contributed by atoms with van der Waals surface area (Å²) in [4.78, 5) is 11.1. The third-order valence-electron chi connectivity index (χ3n) is 8.28. The lowest BCUT2D eigenvalue weighted by molar-refractivity contribution is -0.137. The summed E-state index contributed by atoms with van der Waals surface area (Å²) in [6.07, 6.45) is 2.99. The fraction of sp³-hybridized carbons (Fsp3) is 0.406. The molecule has 3 aromatic carbocycles. The molecule has 0 saturated heterocycles. The summed E-state index contributed by atoms with van der Waals surface area (Å²) in [5.41, 5.74) is 6.66. The Hall–Kier alpha value is -3.58. The average molecular weight is 533 g/mol. The van der Waals surface area contributed by atoms with Crippen LogP contribution in [0.4, 0.5) is 4.39 Å². The van der Waals surface area contributed by atoms with Gasteiger partial charge in [-0.15, -0.1) is 0 Å². The van der Waals surface area contributed by atoms with Crippen LogP contribution in [0.15, 0.2) is 42.5 Å². The normalized spacial score (nSPS) is 23.3. The number of hydrogen-bond acceptors (Lipinski definition) is 5. The van der Waals surface area contributed by atoms with Crippen LogP contribution in [0.5, 0.6) is 17.2 Å². The maximum Gasteiger partial charge on any atom is 0.304 e. The Bertz CT molecular complexity index is 1410. The van der Waals surface area contributed by atoms with Gasteiger partial charge in [-0.2, -0.15) is 0 Å². The van der Waals surface area contributed by atoms with Gasteiger partial charge >= 0.3 is 5.97 Å². The number of carboxylic acid groups (broad SMARTS) is 1. The van der Waals surface area contributed by atoms with Gasteiger partial charge in [-0.1, -0.05) is 12.1 Å². The smallest absolute Gasteiger partial charge is 0.304 e. The highest BCUT2D eigenvalue weighted by Crippen LogP contribution is 2.45. The van der Waals surface area contributed by atoms with Crippen molar-refractivity contribution in [3.8, 4) is 28.4 Å². The zero-order valence-corrected chi connectivity index (χ0v) is 22.2. The first-order valence-electron chi connectivity index (χ1n) is 13.7. The second-order valence-electron chi connectivity index (χ2n) is 11.1. The van der Waals surface area contributed by atoms with Gasteiger partial charge in [-0.25, -0.2) is 4.39 Å². The van der Waals surface area contributed by atoms with Gasteiger partial charge in [0.15, 0.2) is 0 Å². The number of carbonyl (C=O) groups is 1. The molecule has 0 bridgehead atoms. The van der Waals surface area contributed by atoms with Crippen LogP contribution in [0.3, 0.4) is 0 Å². The molecule has 7 heteroatoms. The number of aliphatic carboxylic acids is 1. The largest absolute Gasteiger partial charge is 0.492 e. The summed E-state index contributed by atoms with van der Waals surface area (Å²) < 4.78 is 33.5. The van der Waals surface area contributed by atoms with Crippen LogP contribution in [-0.4, -0.2) is 35.0 Å². The highest BCUT2D eigenvalue weighted by Gasteiger charge is 2.32. The number of halogens is 1. The zero-order valence-electron chi connectivity index (χ0n) is 22.2. The molecule has 39 heavy (non-hydrogen) atoms. The van der Waals surface area contributed by atoms with E-state index in [9.17, 15) is 9.90 Å². The SMILES string of the molecule is Cc1cc(OC2CCC(O)C2)cc(C)c1-c1ccc(F)c2c1CCC2Oc1ccc2c(c1)OCC2CC(=O)O. The molecule has 204 valence electrons. The number of carboxylic acids is 1. The van der Waals surface area contributed by atoms with Crippen molar-refractivity contribution in [1.82, 2.24) is 0 Å². The predicted octanol–water partition coefficient (Wildman–Crippen LogP) is 6.42. The fourth-order valence-corrected chi connectivity index (χ4v) is 6.53. The van der Waals surface area contributed by atoms with Crippen molar-refractivity contribution in [1.29, 1.82) is 0 Å². The van der Waals surface area contributed by atoms with Crippen LogP contribution in [0.2, 0.25) is 0 Å². The number of hydrogen-bond donors (Lipinski definition) is 2. The first-order valence-corrected chi connectivity index (χ1v) is 13.7. The van der Waals surface area contributed by atoms with Crippen LogP contribution in [0.1, 0.15) is 71.9 Å². The lowest BCUT2D eigenvalue weighted by atomic mass is 9.90. The second kappa shape index (κ2) is 10.2. The van der Waals surface area contributed by atoms with Gasteiger partial charge in [0.25, 0.3) is 0 Å². The average Bonchev–Trinajstić information content (AvgIpc) is 3.59. The Labute approximate surface area is 227 Å². The maximum absolute atomic E-state index is 15.3. The third kappa shape index (κ3) is 4.96. The zero-order chi connectivity index (χ0) is 27.3. The van der Waals surface area contributed by atoms with E-state index in [-0.39, 0.29) is 30.4 Å². The van der Waals surface area contributed by atoms with Crippen LogP contribution in [-0.2, 0) is 11.2 Å². The molecule has 0 amide bonds. The fourth-order valence-electron chi connectivity index (χ4n) is 6.53. The molecule has 4 atom stereocenters.